The Hall–Kier alpha value is -0.980. The van der Waals surface area contributed by atoms with E-state index in [1.54, 1.807) is 11.3 Å². The zero-order valence-electron chi connectivity index (χ0n) is 11.3. The van der Waals surface area contributed by atoms with Crippen molar-refractivity contribution in [2.45, 2.75) is 20.0 Å². The molecule has 0 aliphatic carbocycles. The van der Waals surface area contributed by atoms with Crippen molar-refractivity contribution in [1.29, 1.82) is 0 Å². The predicted molar refractivity (Wildman–Crippen MR) is 83.5 cm³/mol. The fourth-order valence-electron chi connectivity index (χ4n) is 1.83. The van der Waals surface area contributed by atoms with Crippen LogP contribution in [0.4, 0.5) is 5.82 Å². The number of hydrogen-bond acceptors (Lipinski definition) is 5. The van der Waals surface area contributed by atoms with Gasteiger partial charge in [-0.25, -0.2) is 9.97 Å². The highest BCUT2D eigenvalue weighted by molar-refractivity contribution is 9.10. The summed E-state index contributed by atoms with van der Waals surface area (Å²) in [6, 6.07) is 4.09. The molecule has 2 aromatic rings. The van der Waals surface area contributed by atoms with Crippen LogP contribution in [0.1, 0.15) is 16.4 Å². The SMILES string of the molecule is CNc1cc(C)nc(CN(C)Cc2cc(Br)cs2)n1. The van der Waals surface area contributed by atoms with Crippen LogP contribution in [0.2, 0.25) is 0 Å². The molecule has 2 aromatic heterocycles. The maximum atomic E-state index is 4.47. The Morgan fingerprint density at radius 2 is 2.11 bits per heavy atom. The monoisotopic (exact) mass is 340 g/mol. The predicted octanol–water partition coefficient (Wildman–Crippen LogP) is 3.28. The van der Waals surface area contributed by atoms with Gasteiger partial charge in [-0.05, 0) is 36.0 Å². The molecule has 0 amide bonds. The van der Waals surface area contributed by atoms with Crippen LogP contribution >= 0.6 is 27.3 Å². The van der Waals surface area contributed by atoms with Crippen LogP contribution in [0, 0.1) is 6.92 Å². The van der Waals surface area contributed by atoms with Crippen LogP contribution in [-0.2, 0) is 13.1 Å². The minimum atomic E-state index is 0.742. The van der Waals surface area contributed by atoms with E-state index in [2.05, 4.69) is 54.6 Å². The number of nitrogens with zero attached hydrogens (tertiary/aromatic N) is 3. The second-order valence-corrected chi connectivity index (χ2v) is 6.38. The van der Waals surface area contributed by atoms with Crippen molar-refractivity contribution in [3.63, 3.8) is 0 Å². The molecule has 0 aromatic carbocycles. The number of anilines is 1. The van der Waals surface area contributed by atoms with E-state index in [-0.39, 0.29) is 0 Å². The largest absolute Gasteiger partial charge is 0.373 e. The quantitative estimate of drug-likeness (QED) is 0.906. The summed E-state index contributed by atoms with van der Waals surface area (Å²) >= 11 is 5.23. The summed E-state index contributed by atoms with van der Waals surface area (Å²) in [7, 11) is 3.96. The average molecular weight is 341 g/mol. The maximum Gasteiger partial charge on any atom is 0.144 e. The molecule has 102 valence electrons. The van der Waals surface area contributed by atoms with Gasteiger partial charge in [0.15, 0.2) is 0 Å². The van der Waals surface area contributed by atoms with Gasteiger partial charge in [0.25, 0.3) is 0 Å². The summed E-state index contributed by atoms with van der Waals surface area (Å²) < 4.78 is 1.14. The lowest BCUT2D eigenvalue weighted by Gasteiger charge is -2.15. The van der Waals surface area contributed by atoms with Crippen molar-refractivity contribution in [1.82, 2.24) is 14.9 Å². The Morgan fingerprint density at radius 1 is 1.32 bits per heavy atom. The van der Waals surface area contributed by atoms with Crippen LogP contribution in [0.25, 0.3) is 0 Å². The van der Waals surface area contributed by atoms with Gasteiger partial charge in [0.05, 0.1) is 6.54 Å². The molecular weight excluding hydrogens is 324 g/mol. The number of rotatable bonds is 5. The average Bonchev–Trinajstić information content (AvgIpc) is 2.73. The van der Waals surface area contributed by atoms with Crippen molar-refractivity contribution in [2.75, 3.05) is 19.4 Å². The van der Waals surface area contributed by atoms with Gasteiger partial charge in [0.1, 0.15) is 11.6 Å². The molecule has 4 nitrogen and oxygen atoms in total. The molecule has 19 heavy (non-hydrogen) atoms. The van der Waals surface area contributed by atoms with Crippen molar-refractivity contribution in [3.05, 3.63) is 38.4 Å². The number of halogens is 1. The van der Waals surface area contributed by atoms with Crippen LogP contribution in [0.5, 0.6) is 0 Å². The van der Waals surface area contributed by atoms with E-state index in [0.717, 1.165) is 34.9 Å². The summed E-state index contributed by atoms with van der Waals surface area (Å²) in [6.07, 6.45) is 0. The normalized spacial score (nSPS) is 11.0. The van der Waals surface area contributed by atoms with E-state index in [0.29, 0.717) is 0 Å². The lowest BCUT2D eigenvalue weighted by molar-refractivity contribution is 0.313. The Morgan fingerprint density at radius 3 is 2.74 bits per heavy atom. The highest BCUT2D eigenvalue weighted by atomic mass is 79.9. The van der Waals surface area contributed by atoms with Gasteiger partial charge in [-0.3, -0.25) is 4.90 Å². The molecule has 0 saturated carbocycles. The standard InChI is InChI=1S/C13H17BrN4S/c1-9-4-12(15-2)17-13(16-9)7-18(3)6-11-5-10(14)8-19-11/h4-5,8H,6-7H2,1-3H3,(H,15,16,17). The molecule has 0 saturated heterocycles. The molecule has 0 aliphatic rings. The minimum Gasteiger partial charge on any atom is -0.373 e. The molecule has 6 heteroatoms. The molecule has 0 atom stereocenters. The van der Waals surface area contributed by atoms with Gasteiger partial charge < -0.3 is 5.32 Å². The molecule has 0 aliphatic heterocycles. The lowest BCUT2D eigenvalue weighted by atomic mass is 10.4. The van der Waals surface area contributed by atoms with E-state index in [1.165, 1.54) is 4.88 Å². The zero-order chi connectivity index (χ0) is 13.8. The maximum absolute atomic E-state index is 4.47. The Kier molecular flexibility index (Phi) is 4.90. The third-order valence-electron chi connectivity index (χ3n) is 2.62. The second kappa shape index (κ2) is 6.45. The first-order valence-corrected chi connectivity index (χ1v) is 7.68. The number of aromatic nitrogens is 2. The highest BCUT2D eigenvalue weighted by Crippen LogP contribution is 2.21. The molecular formula is C13H17BrN4S. The van der Waals surface area contributed by atoms with Crippen LogP contribution in [-0.4, -0.2) is 29.0 Å². The first-order chi connectivity index (χ1) is 9.06. The molecule has 2 heterocycles. The van der Waals surface area contributed by atoms with Gasteiger partial charge in [-0.2, -0.15) is 0 Å². The third-order valence-corrected chi connectivity index (χ3v) is 4.30. The summed E-state index contributed by atoms with van der Waals surface area (Å²) in [5, 5.41) is 5.16. The summed E-state index contributed by atoms with van der Waals surface area (Å²) in [6.45, 7) is 3.64. The zero-order valence-corrected chi connectivity index (χ0v) is 13.7. The Labute approximate surface area is 126 Å². The topological polar surface area (TPSA) is 41.1 Å². The van der Waals surface area contributed by atoms with Gasteiger partial charge in [0, 0.05) is 40.1 Å². The molecule has 0 fully saturated rings. The fraction of sp³-hybridized carbons (Fsp3) is 0.385. The number of aryl methyl sites for hydroxylation is 1. The van der Waals surface area contributed by atoms with Gasteiger partial charge in [0.2, 0.25) is 0 Å². The molecule has 0 spiro atoms. The third kappa shape index (κ3) is 4.26. The van der Waals surface area contributed by atoms with Crippen LogP contribution in [0.3, 0.4) is 0 Å². The molecule has 0 unspecified atom stereocenters. The summed E-state index contributed by atoms with van der Waals surface area (Å²) in [4.78, 5) is 12.5. The van der Waals surface area contributed by atoms with Gasteiger partial charge >= 0.3 is 0 Å². The smallest absolute Gasteiger partial charge is 0.144 e. The van der Waals surface area contributed by atoms with E-state index in [1.807, 2.05) is 20.0 Å². The Bertz CT molecular complexity index is 555. The van der Waals surface area contributed by atoms with E-state index in [9.17, 15) is 0 Å². The van der Waals surface area contributed by atoms with E-state index >= 15 is 0 Å². The summed E-state index contributed by atoms with van der Waals surface area (Å²) in [5.74, 6) is 1.72. The molecule has 2 rings (SSSR count). The highest BCUT2D eigenvalue weighted by Gasteiger charge is 2.07. The van der Waals surface area contributed by atoms with Crippen molar-refractivity contribution < 1.29 is 0 Å². The van der Waals surface area contributed by atoms with Crippen LogP contribution < -0.4 is 5.32 Å². The van der Waals surface area contributed by atoms with Crippen molar-refractivity contribution in [3.8, 4) is 0 Å². The van der Waals surface area contributed by atoms with Crippen molar-refractivity contribution >= 4 is 33.1 Å². The number of thiophene rings is 1. The summed E-state index contributed by atoms with van der Waals surface area (Å²) in [5.41, 5.74) is 0.988. The molecule has 0 radical (unpaired) electrons. The van der Waals surface area contributed by atoms with Gasteiger partial charge in [-0.15, -0.1) is 11.3 Å². The minimum absolute atomic E-state index is 0.742. The van der Waals surface area contributed by atoms with E-state index < -0.39 is 0 Å². The lowest BCUT2D eigenvalue weighted by Crippen LogP contribution is -2.19. The number of nitrogens with one attached hydrogen (secondary N) is 1. The van der Waals surface area contributed by atoms with Crippen molar-refractivity contribution in [2.24, 2.45) is 0 Å². The second-order valence-electron chi connectivity index (χ2n) is 4.46. The van der Waals surface area contributed by atoms with Gasteiger partial charge in [-0.1, -0.05) is 0 Å². The Balaban J connectivity index is 2.02. The first kappa shape index (κ1) is 14.4. The fourth-order valence-corrected chi connectivity index (χ4v) is 3.36. The number of hydrogen-bond donors (Lipinski definition) is 1. The van der Waals surface area contributed by atoms with Crippen LogP contribution in [0.15, 0.2) is 22.0 Å². The van der Waals surface area contributed by atoms with E-state index in [4.69, 9.17) is 0 Å². The molecule has 1 N–H and O–H groups in total. The first-order valence-electron chi connectivity index (χ1n) is 6.00. The molecule has 0 bridgehead atoms.